The SMILES string of the molecule is CCOCCS(=O)(=O)NCC(CC)(CC)CO. The molecule has 0 aromatic rings. The van der Waals surface area contributed by atoms with Gasteiger partial charge in [0.1, 0.15) is 0 Å². The lowest BCUT2D eigenvalue weighted by atomic mass is 9.84. The van der Waals surface area contributed by atoms with E-state index in [1.807, 2.05) is 20.8 Å². The molecule has 0 saturated heterocycles. The van der Waals surface area contributed by atoms with E-state index in [9.17, 15) is 13.5 Å². The number of aliphatic hydroxyl groups is 1. The van der Waals surface area contributed by atoms with Gasteiger partial charge in [0.15, 0.2) is 0 Å². The van der Waals surface area contributed by atoms with Crippen LogP contribution < -0.4 is 4.72 Å². The Bertz CT molecular complexity index is 278. The third kappa shape index (κ3) is 6.35. The van der Waals surface area contributed by atoms with Gasteiger partial charge in [0.25, 0.3) is 0 Å². The summed E-state index contributed by atoms with van der Waals surface area (Å²) in [6.45, 7) is 6.72. The average Bonchev–Trinajstić information content (AvgIpc) is 2.32. The molecule has 0 radical (unpaired) electrons. The molecular weight excluding hydrogens is 242 g/mol. The first-order valence-corrected chi connectivity index (χ1v) is 7.76. The third-order valence-electron chi connectivity index (χ3n) is 3.20. The zero-order chi connectivity index (χ0) is 13.4. The second-order valence-corrected chi connectivity index (χ2v) is 6.13. The first-order chi connectivity index (χ1) is 7.95. The van der Waals surface area contributed by atoms with Crippen molar-refractivity contribution in [2.75, 3.05) is 32.1 Å². The van der Waals surface area contributed by atoms with E-state index >= 15 is 0 Å². The van der Waals surface area contributed by atoms with Gasteiger partial charge in [0.05, 0.1) is 12.4 Å². The first-order valence-electron chi connectivity index (χ1n) is 6.11. The van der Waals surface area contributed by atoms with Gasteiger partial charge >= 0.3 is 0 Å². The van der Waals surface area contributed by atoms with Crippen LogP contribution in [0.1, 0.15) is 33.6 Å². The Labute approximate surface area is 105 Å². The van der Waals surface area contributed by atoms with Gasteiger partial charge in [-0.3, -0.25) is 0 Å². The smallest absolute Gasteiger partial charge is 0.213 e. The van der Waals surface area contributed by atoms with Crippen LogP contribution in [0.3, 0.4) is 0 Å². The number of hydrogen-bond acceptors (Lipinski definition) is 4. The van der Waals surface area contributed by atoms with Gasteiger partial charge in [0.2, 0.25) is 10.0 Å². The molecule has 0 aliphatic rings. The van der Waals surface area contributed by atoms with Crippen molar-refractivity contribution in [3.8, 4) is 0 Å². The molecule has 0 aliphatic heterocycles. The average molecular weight is 267 g/mol. The third-order valence-corrected chi connectivity index (χ3v) is 4.49. The van der Waals surface area contributed by atoms with Crippen LogP contribution in [0, 0.1) is 5.41 Å². The van der Waals surface area contributed by atoms with Crippen LogP contribution in [0.4, 0.5) is 0 Å². The Morgan fingerprint density at radius 3 is 2.24 bits per heavy atom. The number of aliphatic hydroxyl groups excluding tert-OH is 1. The maximum absolute atomic E-state index is 11.6. The van der Waals surface area contributed by atoms with Crippen molar-refractivity contribution >= 4 is 10.0 Å². The summed E-state index contributed by atoms with van der Waals surface area (Å²) in [5.74, 6) is -0.0320. The van der Waals surface area contributed by atoms with Gasteiger partial charge < -0.3 is 9.84 Å². The van der Waals surface area contributed by atoms with Crippen molar-refractivity contribution in [1.82, 2.24) is 4.72 Å². The van der Waals surface area contributed by atoms with E-state index in [1.165, 1.54) is 0 Å². The molecular formula is C11H25NO4S. The first kappa shape index (κ1) is 16.8. The van der Waals surface area contributed by atoms with Crippen LogP contribution in [0.15, 0.2) is 0 Å². The van der Waals surface area contributed by atoms with Crippen LogP contribution >= 0.6 is 0 Å². The molecule has 0 aliphatic carbocycles. The Morgan fingerprint density at radius 1 is 1.24 bits per heavy atom. The minimum absolute atomic E-state index is 0.00597. The predicted octanol–water partition coefficient (Wildman–Crippen LogP) is 0.741. The van der Waals surface area contributed by atoms with Crippen molar-refractivity contribution in [2.45, 2.75) is 33.6 Å². The summed E-state index contributed by atoms with van der Waals surface area (Å²) in [4.78, 5) is 0. The molecule has 0 saturated carbocycles. The highest BCUT2D eigenvalue weighted by molar-refractivity contribution is 7.89. The van der Waals surface area contributed by atoms with E-state index < -0.39 is 10.0 Å². The highest BCUT2D eigenvalue weighted by Crippen LogP contribution is 2.24. The van der Waals surface area contributed by atoms with Crippen LogP contribution in [0.5, 0.6) is 0 Å². The number of hydrogen-bond donors (Lipinski definition) is 2. The normalized spacial score (nSPS) is 12.9. The maximum Gasteiger partial charge on any atom is 0.213 e. The summed E-state index contributed by atoms with van der Waals surface area (Å²) in [6.07, 6.45) is 1.49. The summed E-state index contributed by atoms with van der Waals surface area (Å²) in [7, 11) is -3.30. The van der Waals surface area contributed by atoms with Gasteiger partial charge in [-0.25, -0.2) is 13.1 Å². The van der Waals surface area contributed by atoms with E-state index in [2.05, 4.69) is 4.72 Å². The molecule has 0 fully saturated rings. The van der Waals surface area contributed by atoms with Crippen molar-refractivity contribution in [3.05, 3.63) is 0 Å². The molecule has 0 rings (SSSR count). The monoisotopic (exact) mass is 267 g/mol. The van der Waals surface area contributed by atoms with Crippen molar-refractivity contribution in [3.63, 3.8) is 0 Å². The summed E-state index contributed by atoms with van der Waals surface area (Å²) in [6, 6.07) is 0. The summed E-state index contributed by atoms with van der Waals surface area (Å²) >= 11 is 0. The fourth-order valence-electron chi connectivity index (χ4n) is 1.43. The number of rotatable bonds is 10. The summed E-state index contributed by atoms with van der Waals surface area (Å²) in [5, 5.41) is 9.33. The molecule has 0 unspecified atom stereocenters. The molecule has 6 heteroatoms. The Balaban J connectivity index is 4.24. The lowest BCUT2D eigenvalue weighted by molar-refractivity contribution is 0.119. The van der Waals surface area contributed by atoms with Gasteiger partial charge in [-0.1, -0.05) is 13.8 Å². The molecule has 17 heavy (non-hydrogen) atoms. The second-order valence-electron chi connectivity index (χ2n) is 4.20. The minimum atomic E-state index is -3.30. The summed E-state index contributed by atoms with van der Waals surface area (Å²) < 4.78 is 30.8. The molecule has 104 valence electrons. The number of ether oxygens (including phenoxy) is 1. The highest BCUT2D eigenvalue weighted by Gasteiger charge is 2.27. The van der Waals surface area contributed by atoms with Gasteiger partial charge in [0, 0.05) is 25.2 Å². The molecule has 5 nitrogen and oxygen atoms in total. The molecule has 0 aromatic carbocycles. The molecule has 0 amide bonds. The maximum atomic E-state index is 11.6. The summed E-state index contributed by atoms with van der Waals surface area (Å²) in [5.41, 5.74) is -0.349. The lowest BCUT2D eigenvalue weighted by Gasteiger charge is -2.29. The highest BCUT2D eigenvalue weighted by atomic mass is 32.2. The molecule has 0 atom stereocenters. The van der Waals surface area contributed by atoms with E-state index in [1.54, 1.807) is 0 Å². The van der Waals surface area contributed by atoms with E-state index in [-0.39, 0.29) is 30.9 Å². The van der Waals surface area contributed by atoms with Crippen molar-refractivity contribution < 1.29 is 18.3 Å². The van der Waals surface area contributed by atoms with Crippen molar-refractivity contribution in [1.29, 1.82) is 0 Å². The molecule has 0 heterocycles. The van der Waals surface area contributed by atoms with Gasteiger partial charge in [-0.15, -0.1) is 0 Å². The van der Waals surface area contributed by atoms with Gasteiger partial charge in [-0.2, -0.15) is 0 Å². The Kier molecular flexibility index (Phi) is 7.94. The van der Waals surface area contributed by atoms with Crippen LogP contribution in [0.25, 0.3) is 0 Å². The van der Waals surface area contributed by atoms with Crippen LogP contribution in [-0.2, 0) is 14.8 Å². The molecule has 0 bridgehead atoms. The lowest BCUT2D eigenvalue weighted by Crippen LogP contribution is -2.40. The van der Waals surface area contributed by atoms with Crippen LogP contribution in [0.2, 0.25) is 0 Å². The van der Waals surface area contributed by atoms with Crippen molar-refractivity contribution in [2.24, 2.45) is 5.41 Å². The van der Waals surface area contributed by atoms with E-state index in [4.69, 9.17) is 4.74 Å². The predicted molar refractivity (Wildman–Crippen MR) is 68.4 cm³/mol. The Morgan fingerprint density at radius 2 is 1.82 bits per heavy atom. The van der Waals surface area contributed by atoms with Gasteiger partial charge in [-0.05, 0) is 19.8 Å². The van der Waals surface area contributed by atoms with E-state index in [0.717, 1.165) is 12.8 Å². The number of nitrogens with one attached hydrogen (secondary N) is 1. The number of sulfonamides is 1. The fraction of sp³-hybridized carbons (Fsp3) is 1.00. The largest absolute Gasteiger partial charge is 0.396 e. The zero-order valence-corrected chi connectivity index (χ0v) is 11.8. The minimum Gasteiger partial charge on any atom is -0.396 e. The molecule has 2 N–H and O–H groups in total. The quantitative estimate of drug-likeness (QED) is 0.572. The molecule has 0 spiro atoms. The van der Waals surface area contributed by atoms with Crippen LogP contribution in [-0.4, -0.2) is 45.6 Å². The van der Waals surface area contributed by atoms with E-state index in [0.29, 0.717) is 6.61 Å². The zero-order valence-electron chi connectivity index (χ0n) is 11.0. The molecule has 0 aromatic heterocycles. The second kappa shape index (κ2) is 8.02. The standard InChI is InChI=1S/C11H25NO4S/c1-4-11(5-2,10-13)9-12-17(14,15)8-7-16-6-3/h12-13H,4-10H2,1-3H3. The Hall–Kier alpha value is -0.170. The topological polar surface area (TPSA) is 75.6 Å². The fourth-order valence-corrected chi connectivity index (χ4v) is 2.44.